The highest BCUT2D eigenvalue weighted by molar-refractivity contribution is 5.93. The Labute approximate surface area is 70.9 Å². The van der Waals surface area contributed by atoms with Gasteiger partial charge in [-0.05, 0) is 12.2 Å². The van der Waals surface area contributed by atoms with Crippen molar-refractivity contribution in [1.29, 1.82) is 0 Å². The molecule has 2 heteroatoms. The molecule has 61 valence electrons. The van der Waals surface area contributed by atoms with E-state index in [2.05, 4.69) is 0 Å². The summed E-state index contributed by atoms with van der Waals surface area (Å²) >= 11 is 0. The molecule has 0 fully saturated rings. The van der Waals surface area contributed by atoms with Crippen LogP contribution in [0.5, 0.6) is 0 Å². The maximum absolute atomic E-state index is 11.0. The van der Waals surface area contributed by atoms with Crippen molar-refractivity contribution >= 4 is 5.78 Å². The van der Waals surface area contributed by atoms with Gasteiger partial charge in [-0.15, -0.1) is 0 Å². The third-order valence-electron chi connectivity index (χ3n) is 2.27. The minimum absolute atomic E-state index is 0.139. The molecule has 0 aliphatic heterocycles. The molecule has 1 atom stereocenters. The largest absolute Gasteiger partial charge is 0.295 e. The third kappa shape index (κ3) is 1.20. The number of carbonyl (C=O) groups is 1. The molecule has 0 N–H and O–H groups in total. The number of allylic oxidation sites excluding steroid dienone is 6. The summed E-state index contributed by atoms with van der Waals surface area (Å²) in [5.74, 6) is 0.489. The van der Waals surface area contributed by atoms with E-state index in [1.54, 1.807) is 18.2 Å². The summed E-state index contributed by atoms with van der Waals surface area (Å²) in [6.07, 6.45) is 7.81. The van der Waals surface area contributed by atoms with Gasteiger partial charge < -0.3 is 0 Å². The highest BCUT2D eigenvalue weighted by atomic mass is 16.3. The van der Waals surface area contributed by atoms with Gasteiger partial charge in [0.1, 0.15) is 0 Å². The topological polar surface area (TPSA) is 37.0 Å². The quantitative estimate of drug-likeness (QED) is 0.533. The van der Waals surface area contributed by atoms with Crippen LogP contribution < -0.4 is 0 Å². The van der Waals surface area contributed by atoms with Crippen LogP contribution in [0.2, 0.25) is 0 Å². The molecular weight excluding hydrogens is 152 g/mol. The van der Waals surface area contributed by atoms with Crippen molar-refractivity contribution < 1.29 is 9.90 Å². The van der Waals surface area contributed by atoms with E-state index >= 15 is 0 Å². The van der Waals surface area contributed by atoms with Gasteiger partial charge in [0.2, 0.25) is 0 Å². The summed E-state index contributed by atoms with van der Waals surface area (Å²) in [4.78, 5) is 11.0. The van der Waals surface area contributed by atoms with Crippen LogP contribution in [0.1, 0.15) is 12.8 Å². The lowest BCUT2D eigenvalue weighted by Gasteiger charge is -2.21. The lowest BCUT2D eigenvalue weighted by atomic mass is 9.83. The highest BCUT2D eigenvalue weighted by Gasteiger charge is 2.22. The minimum Gasteiger partial charge on any atom is -0.295 e. The average molecular weight is 161 g/mol. The Balaban J connectivity index is 2.31. The molecule has 0 aromatic rings. The number of rotatable bonds is 0. The standard InChI is InChI=1S/C10H9O2/c11-9-3-1-7-5-10(12)4-2-8(7)6-9/h1-4,7H,5-6H2. The number of carbonyl (C=O) groups excluding carboxylic acids is 1. The lowest BCUT2D eigenvalue weighted by Crippen LogP contribution is -2.14. The number of hydrogen-bond donors (Lipinski definition) is 0. The Kier molecular flexibility index (Phi) is 1.61. The maximum atomic E-state index is 11.0. The van der Waals surface area contributed by atoms with Gasteiger partial charge in [0.25, 0.3) is 0 Å². The van der Waals surface area contributed by atoms with Crippen LogP contribution in [0.4, 0.5) is 0 Å². The maximum Gasteiger partial charge on any atom is 0.159 e. The molecule has 2 aliphatic rings. The number of ketones is 1. The first-order chi connectivity index (χ1) is 5.75. The van der Waals surface area contributed by atoms with Gasteiger partial charge in [-0.2, -0.15) is 0 Å². The van der Waals surface area contributed by atoms with Gasteiger partial charge in [0.05, 0.1) is 0 Å². The minimum atomic E-state index is 0.139. The summed E-state index contributed by atoms with van der Waals surface area (Å²) in [7, 11) is 0. The Bertz CT molecular complexity index is 308. The van der Waals surface area contributed by atoms with E-state index in [9.17, 15) is 9.90 Å². The fraction of sp³-hybridized carbons (Fsp3) is 0.300. The van der Waals surface area contributed by atoms with Crippen LogP contribution in [0.25, 0.3) is 0 Å². The smallest absolute Gasteiger partial charge is 0.159 e. The summed E-state index contributed by atoms with van der Waals surface area (Å²) in [6, 6.07) is 0. The second-order valence-corrected chi connectivity index (χ2v) is 3.19. The Morgan fingerprint density at radius 2 is 2.17 bits per heavy atom. The molecule has 0 heterocycles. The van der Waals surface area contributed by atoms with Crippen molar-refractivity contribution in [3.63, 3.8) is 0 Å². The molecule has 0 spiro atoms. The molecule has 0 saturated carbocycles. The third-order valence-corrected chi connectivity index (χ3v) is 2.27. The molecule has 2 rings (SSSR count). The molecule has 0 bridgehead atoms. The number of hydrogen-bond acceptors (Lipinski definition) is 1. The van der Waals surface area contributed by atoms with Gasteiger partial charge in [0, 0.05) is 18.8 Å². The van der Waals surface area contributed by atoms with E-state index in [1.165, 1.54) is 0 Å². The molecule has 2 nitrogen and oxygen atoms in total. The van der Waals surface area contributed by atoms with Crippen LogP contribution in [-0.2, 0) is 9.90 Å². The van der Waals surface area contributed by atoms with Crippen molar-refractivity contribution in [3.05, 3.63) is 35.6 Å². The predicted molar refractivity (Wildman–Crippen MR) is 43.7 cm³/mol. The molecule has 12 heavy (non-hydrogen) atoms. The molecule has 0 saturated heterocycles. The summed E-state index contributed by atoms with van der Waals surface area (Å²) in [5.41, 5.74) is 1.09. The van der Waals surface area contributed by atoms with Gasteiger partial charge in [-0.25, -0.2) is 0 Å². The predicted octanol–water partition coefficient (Wildman–Crippen LogP) is 1.78. The molecule has 2 aliphatic carbocycles. The van der Waals surface area contributed by atoms with E-state index in [4.69, 9.17) is 0 Å². The Morgan fingerprint density at radius 3 is 3.00 bits per heavy atom. The fourth-order valence-corrected chi connectivity index (χ4v) is 1.60. The zero-order valence-electron chi connectivity index (χ0n) is 6.62. The van der Waals surface area contributed by atoms with Crippen LogP contribution >= 0.6 is 0 Å². The van der Waals surface area contributed by atoms with Crippen molar-refractivity contribution in [3.8, 4) is 0 Å². The van der Waals surface area contributed by atoms with E-state index in [0.717, 1.165) is 5.57 Å². The SMILES string of the molecule is [O]C1=CC=C2CC(=O)C=CC2C1. The molecular formula is C10H9O2. The molecule has 0 aromatic carbocycles. The van der Waals surface area contributed by atoms with E-state index in [-0.39, 0.29) is 17.5 Å². The fourth-order valence-electron chi connectivity index (χ4n) is 1.60. The summed E-state index contributed by atoms with van der Waals surface area (Å²) in [5, 5.41) is 11.0. The van der Waals surface area contributed by atoms with Crippen LogP contribution in [-0.4, -0.2) is 5.78 Å². The van der Waals surface area contributed by atoms with Gasteiger partial charge >= 0.3 is 0 Å². The Morgan fingerprint density at radius 1 is 1.33 bits per heavy atom. The van der Waals surface area contributed by atoms with Crippen molar-refractivity contribution in [2.45, 2.75) is 12.8 Å². The van der Waals surface area contributed by atoms with Crippen LogP contribution in [0.15, 0.2) is 35.6 Å². The van der Waals surface area contributed by atoms with Gasteiger partial charge in [-0.1, -0.05) is 17.7 Å². The zero-order valence-corrected chi connectivity index (χ0v) is 6.62. The normalized spacial score (nSPS) is 27.7. The van der Waals surface area contributed by atoms with Gasteiger partial charge in [-0.3, -0.25) is 9.90 Å². The van der Waals surface area contributed by atoms with E-state index < -0.39 is 0 Å². The zero-order chi connectivity index (χ0) is 8.55. The van der Waals surface area contributed by atoms with Gasteiger partial charge in [0.15, 0.2) is 11.5 Å². The van der Waals surface area contributed by atoms with Crippen LogP contribution in [0.3, 0.4) is 0 Å². The van der Waals surface area contributed by atoms with Crippen LogP contribution in [0, 0.1) is 5.92 Å². The first-order valence-corrected chi connectivity index (χ1v) is 4.03. The van der Waals surface area contributed by atoms with Crippen molar-refractivity contribution in [2.24, 2.45) is 5.92 Å². The monoisotopic (exact) mass is 161 g/mol. The average Bonchev–Trinajstić information content (AvgIpc) is 2.05. The van der Waals surface area contributed by atoms with Crippen molar-refractivity contribution in [2.75, 3.05) is 0 Å². The molecule has 1 unspecified atom stereocenters. The van der Waals surface area contributed by atoms with Crippen molar-refractivity contribution in [1.82, 2.24) is 0 Å². The second kappa shape index (κ2) is 2.63. The second-order valence-electron chi connectivity index (χ2n) is 3.19. The van der Waals surface area contributed by atoms with E-state index in [1.807, 2.05) is 6.08 Å². The summed E-state index contributed by atoms with van der Waals surface area (Å²) < 4.78 is 0. The summed E-state index contributed by atoms with van der Waals surface area (Å²) in [6.45, 7) is 0. The number of fused-ring (bicyclic) bond motifs is 1. The van der Waals surface area contributed by atoms with E-state index in [0.29, 0.717) is 12.8 Å². The molecule has 1 radical (unpaired) electrons. The first kappa shape index (κ1) is 7.35. The first-order valence-electron chi connectivity index (χ1n) is 4.03. The highest BCUT2D eigenvalue weighted by Crippen LogP contribution is 2.30. The molecule has 0 aromatic heterocycles. The lowest BCUT2D eigenvalue weighted by molar-refractivity contribution is -0.114. The Hall–Kier alpha value is -1.31. The molecule has 0 amide bonds.